The molecule has 0 bridgehead atoms. The molecule has 1 aromatic rings. The summed E-state index contributed by atoms with van der Waals surface area (Å²) in [5.41, 5.74) is -0.868. The Kier molecular flexibility index (Phi) is 4.46. The van der Waals surface area contributed by atoms with Crippen LogP contribution in [0.25, 0.3) is 0 Å². The summed E-state index contributed by atoms with van der Waals surface area (Å²) < 4.78 is 12.0. The van der Waals surface area contributed by atoms with Gasteiger partial charge in [0.25, 0.3) is 0 Å². The summed E-state index contributed by atoms with van der Waals surface area (Å²) in [6, 6.07) is 0. The molecule has 7 nitrogen and oxygen atoms in total. The Bertz CT molecular complexity index is 619. The Morgan fingerprint density at radius 3 is 2.54 bits per heavy atom. The summed E-state index contributed by atoms with van der Waals surface area (Å²) in [5, 5.41) is 0. The van der Waals surface area contributed by atoms with Crippen LogP contribution in [0.15, 0.2) is 16.9 Å². The highest BCUT2D eigenvalue weighted by Crippen LogP contribution is 2.47. The molecule has 1 saturated carbocycles. The van der Waals surface area contributed by atoms with Crippen molar-refractivity contribution in [3.8, 4) is 0 Å². The van der Waals surface area contributed by atoms with E-state index in [0.29, 0.717) is 25.6 Å². The van der Waals surface area contributed by atoms with E-state index < -0.39 is 5.60 Å². The molecule has 2 aliphatic rings. The monoisotopic (exact) mass is 398 g/mol. The molecule has 0 aromatic carbocycles. The minimum atomic E-state index is -0.512. The van der Waals surface area contributed by atoms with Crippen LogP contribution in [0.2, 0.25) is 0 Å². The van der Waals surface area contributed by atoms with Crippen molar-refractivity contribution in [3.63, 3.8) is 0 Å². The second kappa shape index (κ2) is 6.15. The minimum absolute atomic E-state index is 0.0169. The summed E-state index contributed by atoms with van der Waals surface area (Å²) in [6.45, 7) is 7.51. The lowest BCUT2D eigenvalue weighted by molar-refractivity contribution is 0.000964. The van der Waals surface area contributed by atoms with Gasteiger partial charge in [-0.3, -0.25) is 4.90 Å². The van der Waals surface area contributed by atoms with Gasteiger partial charge in [0.15, 0.2) is 0 Å². The van der Waals surface area contributed by atoms with Crippen molar-refractivity contribution in [3.05, 3.63) is 16.9 Å². The number of carbonyl (C=O) groups is 1. The lowest BCUT2D eigenvalue weighted by Crippen LogP contribution is -2.60. The fraction of sp³-hybridized carbons (Fsp3) is 0.688. The zero-order chi connectivity index (χ0) is 17.5. The van der Waals surface area contributed by atoms with E-state index in [9.17, 15) is 4.79 Å². The van der Waals surface area contributed by atoms with Crippen molar-refractivity contribution in [1.29, 1.82) is 0 Å². The molecular weight excluding hydrogens is 376 g/mol. The maximum Gasteiger partial charge on any atom is 0.410 e. The molecule has 0 N–H and O–H groups in total. The van der Waals surface area contributed by atoms with Crippen LogP contribution in [0.3, 0.4) is 0 Å². The van der Waals surface area contributed by atoms with Crippen molar-refractivity contribution in [2.24, 2.45) is 0 Å². The number of methoxy groups -OCH3 is 1. The van der Waals surface area contributed by atoms with Crippen LogP contribution in [0.5, 0.6) is 0 Å². The molecule has 2 atom stereocenters. The Balaban J connectivity index is 1.78. The number of hydrogen-bond acceptors (Lipinski definition) is 6. The SMILES string of the molecule is COC1C[C@]12CN(c1ncc(Br)cn1)CCN2C(=O)OC(C)(C)C. The van der Waals surface area contributed by atoms with Gasteiger partial charge in [0.2, 0.25) is 5.95 Å². The third-order valence-corrected chi connectivity index (χ3v) is 4.77. The van der Waals surface area contributed by atoms with Crippen LogP contribution in [0, 0.1) is 0 Å². The molecule has 3 rings (SSSR count). The van der Waals surface area contributed by atoms with Gasteiger partial charge in [-0.2, -0.15) is 0 Å². The van der Waals surface area contributed by atoms with Crippen LogP contribution in [0.1, 0.15) is 27.2 Å². The predicted molar refractivity (Wildman–Crippen MR) is 93.0 cm³/mol. The van der Waals surface area contributed by atoms with Gasteiger partial charge < -0.3 is 14.4 Å². The van der Waals surface area contributed by atoms with Crippen LogP contribution in [0.4, 0.5) is 10.7 Å². The summed E-state index contributed by atoms with van der Waals surface area (Å²) in [4.78, 5) is 25.3. The number of piperazine rings is 1. The van der Waals surface area contributed by atoms with Crippen molar-refractivity contribution in [1.82, 2.24) is 14.9 Å². The molecule has 1 unspecified atom stereocenters. The molecular formula is C16H23BrN4O3. The number of rotatable bonds is 2. The number of anilines is 1. The number of nitrogens with zero attached hydrogens (tertiary/aromatic N) is 4. The molecule has 2 fully saturated rings. The Morgan fingerprint density at radius 2 is 2.00 bits per heavy atom. The first-order chi connectivity index (χ1) is 11.2. The van der Waals surface area contributed by atoms with Crippen molar-refractivity contribution < 1.29 is 14.3 Å². The number of aromatic nitrogens is 2. The largest absolute Gasteiger partial charge is 0.444 e. The van der Waals surface area contributed by atoms with Crippen molar-refractivity contribution in [2.75, 3.05) is 31.6 Å². The van der Waals surface area contributed by atoms with Crippen molar-refractivity contribution >= 4 is 28.0 Å². The smallest absolute Gasteiger partial charge is 0.410 e. The van der Waals surface area contributed by atoms with Gasteiger partial charge in [-0.15, -0.1) is 0 Å². The fourth-order valence-electron chi connectivity index (χ4n) is 3.18. The lowest BCUT2D eigenvalue weighted by Gasteiger charge is -2.42. The van der Waals surface area contributed by atoms with Gasteiger partial charge in [-0.25, -0.2) is 14.8 Å². The van der Waals surface area contributed by atoms with Gasteiger partial charge in [-0.1, -0.05) is 0 Å². The predicted octanol–water partition coefficient (Wildman–Crippen LogP) is 2.45. The molecule has 0 radical (unpaired) electrons. The van der Waals surface area contributed by atoms with Crippen LogP contribution in [-0.2, 0) is 9.47 Å². The van der Waals surface area contributed by atoms with E-state index in [1.807, 2.05) is 25.7 Å². The first kappa shape index (κ1) is 17.4. The second-order valence-electron chi connectivity index (χ2n) is 7.29. The number of amides is 1. The number of carbonyl (C=O) groups excluding carboxylic acids is 1. The fourth-order valence-corrected chi connectivity index (χ4v) is 3.39. The van der Waals surface area contributed by atoms with E-state index in [1.165, 1.54) is 0 Å². The van der Waals surface area contributed by atoms with Gasteiger partial charge in [0.1, 0.15) is 5.60 Å². The Labute approximate surface area is 150 Å². The van der Waals surface area contributed by atoms with E-state index in [-0.39, 0.29) is 17.7 Å². The molecule has 1 aliphatic heterocycles. The highest BCUT2D eigenvalue weighted by molar-refractivity contribution is 9.10. The lowest BCUT2D eigenvalue weighted by atomic mass is 10.1. The van der Waals surface area contributed by atoms with Crippen molar-refractivity contribution in [2.45, 2.75) is 44.4 Å². The van der Waals surface area contributed by atoms with Gasteiger partial charge in [0.05, 0.1) is 16.1 Å². The Morgan fingerprint density at radius 1 is 1.33 bits per heavy atom. The number of ether oxygens (including phenoxy) is 2. The third-order valence-electron chi connectivity index (χ3n) is 4.36. The topological polar surface area (TPSA) is 67.8 Å². The average Bonchev–Trinajstić information content (AvgIpc) is 3.19. The summed E-state index contributed by atoms with van der Waals surface area (Å²) in [5.74, 6) is 0.670. The quantitative estimate of drug-likeness (QED) is 0.761. The third kappa shape index (κ3) is 3.35. The molecule has 24 heavy (non-hydrogen) atoms. The van der Waals surface area contributed by atoms with E-state index in [0.717, 1.165) is 10.9 Å². The standard InChI is InChI=1S/C16H23BrN4O3/c1-15(2,3)24-14(22)21-6-5-20(10-16(21)7-12(16)23-4)13-18-8-11(17)9-19-13/h8-9,12H,5-7,10H2,1-4H3/t12?,16-/m0/s1. The zero-order valence-corrected chi connectivity index (χ0v) is 16.0. The van der Waals surface area contributed by atoms with E-state index in [2.05, 4.69) is 30.8 Å². The van der Waals surface area contributed by atoms with Crippen LogP contribution in [-0.4, -0.2) is 64.9 Å². The summed E-state index contributed by atoms with van der Waals surface area (Å²) >= 11 is 3.35. The van der Waals surface area contributed by atoms with Gasteiger partial charge >= 0.3 is 6.09 Å². The first-order valence-corrected chi connectivity index (χ1v) is 8.80. The maximum absolute atomic E-state index is 12.6. The number of hydrogen-bond donors (Lipinski definition) is 0. The first-order valence-electron chi connectivity index (χ1n) is 8.01. The molecule has 132 valence electrons. The molecule has 8 heteroatoms. The van der Waals surface area contributed by atoms with Crippen LogP contribution >= 0.6 is 15.9 Å². The molecule has 1 aliphatic carbocycles. The van der Waals surface area contributed by atoms with E-state index >= 15 is 0 Å². The highest BCUT2D eigenvalue weighted by Gasteiger charge is 2.63. The van der Waals surface area contributed by atoms with Gasteiger partial charge in [-0.05, 0) is 36.7 Å². The summed E-state index contributed by atoms with van der Waals surface area (Å²) in [7, 11) is 1.68. The maximum atomic E-state index is 12.6. The average molecular weight is 399 g/mol. The number of halogens is 1. The molecule has 1 aromatic heterocycles. The van der Waals surface area contributed by atoms with Gasteiger partial charge in [0, 0.05) is 45.6 Å². The van der Waals surface area contributed by atoms with Crippen LogP contribution < -0.4 is 4.90 Å². The second-order valence-corrected chi connectivity index (χ2v) is 8.20. The van der Waals surface area contributed by atoms with E-state index in [1.54, 1.807) is 19.5 Å². The normalized spacial score (nSPS) is 26.6. The highest BCUT2D eigenvalue weighted by atomic mass is 79.9. The minimum Gasteiger partial charge on any atom is -0.444 e. The molecule has 1 amide bonds. The molecule has 2 heterocycles. The van der Waals surface area contributed by atoms with E-state index in [4.69, 9.17) is 9.47 Å². The zero-order valence-electron chi connectivity index (χ0n) is 14.5. The molecule has 1 spiro atoms. The molecule has 1 saturated heterocycles. The Hall–Kier alpha value is -1.41. The summed E-state index contributed by atoms with van der Waals surface area (Å²) in [6.07, 6.45) is 4.00.